The molecular weight excluding hydrogens is 332 g/mol. The highest BCUT2D eigenvalue weighted by atomic mass is 35.5. The number of piperidine rings is 1. The Balaban J connectivity index is 2.01. The van der Waals surface area contributed by atoms with Crippen molar-refractivity contribution in [3.8, 4) is 0 Å². The Bertz CT molecular complexity index is 531. The van der Waals surface area contributed by atoms with Crippen molar-refractivity contribution in [2.24, 2.45) is 5.92 Å². The molecule has 1 aliphatic rings. The molecule has 0 unspecified atom stereocenters. The topological polar surface area (TPSA) is 49.3 Å². The lowest BCUT2D eigenvalue weighted by molar-refractivity contribution is -0.127. The van der Waals surface area contributed by atoms with E-state index in [9.17, 15) is 4.79 Å². The van der Waals surface area contributed by atoms with Gasteiger partial charge in [-0.15, -0.1) is 0 Å². The van der Waals surface area contributed by atoms with Gasteiger partial charge in [-0.05, 0) is 32.6 Å². The van der Waals surface area contributed by atoms with Crippen LogP contribution in [-0.2, 0) is 4.79 Å². The predicted octanol–water partition coefficient (Wildman–Crippen LogP) is 3.33. The van der Waals surface area contributed by atoms with Crippen LogP contribution in [0.1, 0.15) is 33.6 Å². The molecule has 0 saturated carbocycles. The lowest BCUT2D eigenvalue weighted by Crippen LogP contribution is -2.33. The number of anilines is 1. The molecule has 1 saturated heterocycles. The van der Waals surface area contributed by atoms with Crippen LogP contribution >= 0.6 is 23.4 Å². The van der Waals surface area contributed by atoms with Gasteiger partial charge in [-0.2, -0.15) is 0 Å². The third-order valence-corrected chi connectivity index (χ3v) is 5.24. The molecule has 5 nitrogen and oxygen atoms in total. The Kier molecular flexibility index (Phi) is 6.96. The van der Waals surface area contributed by atoms with Crippen molar-refractivity contribution < 1.29 is 4.79 Å². The minimum Gasteiger partial charge on any atom is -0.356 e. The molecule has 1 aromatic heterocycles. The van der Waals surface area contributed by atoms with Crippen LogP contribution < -0.4 is 4.90 Å². The lowest BCUT2D eigenvalue weighted by atomic mass is 9.99. The molecule has 0 N–H and O–H groups in total. The lowest BCUT2D eigenvalue weighted by Gasteiger charge is -2.31. The second-order valence-electron chi connectivity index (χ2n) is 5.86. The first kappa shape index (κ1) is 18.3. The van der Waals surface area contributed by atoms with Gasteiger partial charge in [-0.1, -0.05) is 30.3 Å². The summed E-state index contributed by atoms with van der Waals surface area (Å²) >= 11 is 7.50. The van der Waals surface area contributed by atoms with E-state index in [2.05, 4.69) is 21.8 Å². The molecule has 128 valence electrons. The van der Waals surface area contributed by atoms with Crippen LogP contribution in [0.4, 0.5) is 5.82 Å². The van der Waals surface area contributed by atoms with Crippen molar-refractivity contribution >= 4 is 35.1 Å². The van der Waals surface area contributed by atoms with E-state index >= 15 is 0 Å². The maximum absolute atomic E-state index is 12.1. The number of carbonyl (C=O) groups excluding carboxylic acids is 1. The number of amides is 1. The predicted molar refractivity (Wildman–Crippen MR) is 96.3 cm³/mol. The highest BCUT2D eigenvalue weighted by Crippen LogP contribution is 2.25. The minimum atomic E-state index is 0.108. The number of thioether (sulfide) groups is 1. The first-order valence-corrected chi connectivity index (χ1v) is 9.59. The Morgan fingerprint density at radius 2 is 2.00 bits per heavy atom. The average molecular weight is 357 g/mol. The van der Waals surface area contributed by atoms with E-state index in [1.54, 1.807) is 0 Å². The third kappa shape index (κ3) is 5.24. The van der Waals surface area contributed by atoms with Crippen LogP contribution in [-0.4, -0.2) is 52.7 Å². The van der Waals surface area contributed by atoms with Gasteiger partial charge >= 0.3 is 0 Å². The fourth-order valence-electron chi connectivity index (χ4n) is 2.64. The quantitative estimate of drug-likeness (QED) is 0.444. The number of halogens is 1. The summed E-state index contributed by atoms with van der Waals surface area (Å²) in [6.45, 7) is 9.69. The Labute approximate surface area is 147 Å². The zero-order valence-electron chi connectivity index (χ0n) is 14.1. The molecule has 0 spiro atoms. The van der Waals surface area contributed by atoms with E-state index in [0.29, 0.717) is 16.1 Å². The van der Waals surface area contributed by atoms with Crippen molar-refractivity contribution in [2.75, 3.05) is 36.8 Å². The van der Waals surface area contributed by atoms with Crippen LogP contribution in [0.15, 0.2) is 11.2 Å². The average Bonchev–Trinajstić information content (AvgIpc) is 2.54. The molecule has 0 aromatic carbocycles. The van der Waals surface area contributed by atoms with E-state index in [1.165, 1.54) is 24.6 Å². The van der Waals surface area contributed by atoms with E-state index < -0.39 is 0 Å². The maximum atomic E-state index is 12.1. The molecular formula is C16H25ClN4OS. The summed E-state index contributed by atoms with van der Waals surface area (Å²) in [5, 5.41) is 1.01. The van der Waals surface area contributed by atoms with Crippen LogP contribution in [0.2, 0.25) is 5.15 Å². The molecule has 23 heavy (non-hydrogen) atoms. The van der Waals surface area contributed by atoms with Gasteiger partial charge in [0.15, 0.2) is 5.16 Å². The second kappa shape index (κ2) is 8.73. The van der Waals surface area contributed by atoms with E-state index in [-0.39, 0.29) is 5.91 Å². The number of hydrogen-bond donors (Lipinski definition) is 0. The van der Waals surface area contributed by atoms with E-state index in [1.807, 2.05) is 24.8 Å². The van der Waals surface area contributed by atoms with Crippen molar-refractivity contribution in [3.63, 3.8) is 0 Å². The van der Waals surface area contributed by atoms with Crippen LogP contribution in [0, 0.1) is 5.92 Å². The number of aromatic nitrogens is 2. The summed E-state index contributed by atoms with van der Waals surface area (Å²) in [5.41, 5.74) is 0. The van der Waals surface area contributed by atoms with E-state index in [4.69, 9.17) is 11.6 Å². The molecule has 0 atom stereocenters. The number of nitrogens with zero attached hydrogens (tertiary/aromatic N) is 4. The number of rotatable bonds is 6. The van der Waals surface area contributed by atoms with E-state index in [0.717, 1.165) is 37.9 Å². The second-order valence-corrected chi connectivity index (χ2v) is 7.19. The first-order chi connectivity index (χ1) is 11.0. The fraction of sp³-hybridized carbons (Fsp3) is 0.688. The molecule has 1 fully saturated rings. The van der Waals surface area contributed by atoms with Gasteiger partial charge in [0.05, 0.1) is 5.75 Å². The van der Waals surface area contributed by atoms with Crippen molar-refractivity contribution in [1.82, 2.24) is 14.9 Å². The zero-order chi connectivity index (χ0) is 16.8. The summed E-state index contributed by atoms with van der Waals surface area (Å²) in [6, 6.07) is 1.81. The molecule has 0 radical (unpaired) electrons. The van der Waals surface area contributed by atoms with Gasteiger partial charge in [0, 0.05) is 32.2 Å². The largest absolute Gasteiger partial charge is 0.356 e. The molecule has 7 heteroatoms. The van der Waals surface area contributed by atoms with Crippen LogP contribution in [0.25, 0.3) is 0 Å². The highest BCUT2D eigenvalue weighted by Gasteiger charge is 2.19. The first-order valence-electron chi connectivity index (χ1n) is 8.23. The molecule has 2 rings (SSSR count). The van der Waals surface area contributed by atoms with Crippen molar-refractivity contribution in [3.05, 3.63) is 11.2 Å². The molecule has 2 heterocycles. The van der Waals surface area contributed by atoms with Gasteiger partial charge < -0.3 is 9.80 Å². The minimum absolute atomic E-state index is 0.108. The number of carbonyl (C=O) groups is 1. The van der Waals surface area contributed by atoms with Crippen LogP contribution in [0.3, 0.4) is 0 Å². The van der Waals surface area contributed by atoms with Gasteiger partial charge in [0.25, 0.3) is 0 Å². The Hall–Kier alpha value is -1.01. The molecule has 1 aliphatic heterocycles. The molecule has 0 bridgehead atoms. The summed E-state index contributed by atoms with van der Waals surface area (Å²) in [4.78, 5) is 25.0. The summed E-state index contributed by atoms with van der Waals surface area (Å²) < 4.78 is 0. The monoisotopic (exact) mass is 356 g/mol. The van der Waals surface area contributed by atoms with Gasteiger partial charge in [0.2, 0.25) is 5.91 Å². The van der Waals surface area contributed by atoms with Crippen molar-refractivity contribution in [2.45, 2.75) is 38.8 Å². The Morgan fingerprint density at radius 3 is 2.61 bits per heavy atom. The Morgan fingerprint density at radius 1 is 1.35 bits per heavy atom. The van der Waals surface area contributed by atoms with Gasteiger partial charge in [-0.3, -0.25) is 4.79 Å². The number of hydrogen-bond acceptors (Lipinski definition) is 5. The molecule has 1 amide bonds. The summed E-state index contributed by atoms with van der Waals surface area (Å²) in [5.74, 6) is 2.09. The fourth-order valence-corrected chi connectivity index (χ4v) is 3.63. The summed E-state index contributed by atoms with van der Waals surface area (Å²) in [6.07, 6.45) is 2.34. The van der Waals surface area contributed by atoms with Crippen LogP contribution in [0.5, 0.6) is 0 Å². The highest BCUT2D eigenvalue weighted by molar-refractivity contribution is 7.99. The molecule has 1 aromatic rings. The smallest absolute Gasteiger partial charge is 0.233 e. The third-order valence-electron chi connectivity index (χ3n) is 4.21. The molecule has 0 aliphatic carbocycles. The maximum Gasteiger partial charge on any atom is 0.233 e. The van der Waals surface area contributed by atoms with Crippen molar-refractivity contribution in [1.29, 1.82) is 0 Å². The summed E-state index contributed by atoms with van der Waals surface area (Å²) in [7, 11) is 0. The normalized spacial score (nSPS) is 15.7. The van der Waals surface area contributed by atoms with Gasteiger partial charge in [-0.25, -0.2) is 9.97 Å². The standard InChI is InChI=1S/C16H25ClN4OS/c1-4-20(5-2)15(22)11-23-16-18-13(17)10-14(19-16)21-8-6-12(3)7-9-21/h10,12H,4-9,11H2,1-3H3. The zero-order valence-corrected chi connectivity index (χ0v) is 15.7. The van der Waals surface area contributed by atoms with Gasteiger partial charge in [0.1, 0.15) is 11.0 Å². The SMILES string of the molecule is CCN(CC)C(=O)CSc1nc(Cl)cc(N2CCC(C)CC2)n1.